The highest BCUT2D eigenvalue weighted by Gasteiger charge is 2.32. The number of hydrogen-bond donors (Lipinski definition) is 0. The molecule has 6 nitrogen and oxygen atoms in total. The molecule has 0 N–H and O–H groups in total. The van der Waals surface area contributed by atoms with Crippen LogP contribution in [0.1, 0.15) is 76.0 Å². The fourth-order valence-electron chi connectivity index (χ4n) is 5.66. The Balaban J connectivity index is 1.68. The summed E-state index contributed by atoms with van der Waals surface area (Å²) in [4.78, 5) is 29.8. The maximum absolute atomic E-state index is 13.7. The van der Waals surface area contributed by atoms with Gasteiger partial charge in [0.25, 0.3) is 0 Å². The van der Waals surface area contributed by atoms with Gasteiger partial charge in [-0.15, -0.1) is 11.3 Å². The predicted octanol–water partition coefficient (Wildman–Crippen LogP) is 4.54. The van der Waals surface area contributed by atoms with Crippen LogP contribution in [-0.4, -0.2) is 59.4 Å². The number of ether oxygens (including phenoxy) is 1. The summed E-state index contributed by atoms with van der Waals surface area (Å²) in [5.41, 5.74) is 3.72. The van der Waals surface area contributed by atoms with E-state index in [9.17, 15) is 13.8 Å². The molecule has 0 saturated carbocycles. The van der Waals surface area contributed by atoms with Gasteiger partial charge in [-0.25, -0.2) is 8.51 Å². The average Bonchev–Trinajstić information content (AvgIpc) is 3.21. The van der Waals surface area contributed by atoms with E-state index < -0.39 is 11.0 Å². The van der Waals surface area contributed by atoms with E-state index in [0.29, 0.717) is 11.6 Å². The Hall–Kier alpha value is -2.49. The van der Waals surface area contributed by atoms with Gasteiger partial charge in [0.1, 0.15) is 0 Å². The summed E-state index contributed by atoms with van der Waals surface area (Å²) in [6.07, 6.45) is 5.60. The number of piperidine rings is 1. The van der Waals surface area contributed by atoms with Gasteiger partial charge in [-0.2, -0.15) is 0 Å². The number of Topliss-reactive ketones (excluding diaryl/α,β-unsaturated/α-hetero) is 1. The van der Waals surface area contributed by atoms with Gasteiger partial charge >= 0.3 is 0 Å². The van der Waals surface area contributed by atoms with Gasteiger partial charge in [0.05, 0.1) is 21.6 Å². The van der Waals surface area contributed by atoms with Crippen molar-refractivity contribution in [2.24, 2.45) is 0 Å². The zero-order valence-electron chi connectivity index (χ0n) is 23.6. The molecule has 2 saturated heterocycles. The molecule has 0 aliphatic carbocycles. The Bertz CT molecular complexity index is 1340. The molecule has 8 heteroatoms. The molecule has 1 atom stereocenters. The minimum absolute atomic E-state index is 0.188. The van der Waals surface area contributed by atoms with Gasteiger partial charge in [-0.3, -0.25) is 9.59 Å². The summed E-state index contributed by atoms with van der Waals surface area (Å²) in [5, 5.41) is 1.15. The van der Waals surface area contributed by atoms with E-state index >= 15 is 0 Å². The first-order valence-corrected chi connectivity index (χ1v) is 16.1. The van der Waals surface area contributed by atoms with E-state index in [0.717, 1.165) is 90.7 Å². The van der Waals surface area contributed by atoms with Crippen molar-refractivity contribution in [1.82, 2.24) is 4.31 Å². The van der Waals surface area contributed by atoms with Crippen molar-refractivity contribution in [2.45, 2.75) is 71.8 Å². The molecule has 4 rings (SSSR count). The van der Waals surface area contributed by atoms with Crippen LogP contribution in [0.25, 0.3) is 0 Å². The lowest BCUT2D eigenvalue weighted by molar-refractivity contribution is 0.0847. The van der Waals surface area contributed by atoms with Gasteiger partial charge in [-0.05, 0) is 94.0 Å². The number of anilines is 1. The summed E-state index contributed by atoms with van der Waals surface area (Å²) in [6.45, 7) is 11.9. The molecular weight excluding hydrogens is 528 g/mol. The van der Waals surface area contributed by atoms with Crippen molar-refractivity contribution in [3.63, 3.8) is 0 Å². The number of hydrogen-bond acceptors (Lipinski definition) is 6. The van der Waals surface area contributed by atoms with Crippen molar-refractivity contribution < 1.29 is 13.7 Å². The summed E-state index contributed by atoms with van der Waals surface area (Å²) in [7, 11) is -0.983. The highest BCUT2D eigenvalue weighted by atomic mass is 32.2. The largest absolute Gasteiger partial charge is 0.381 e. The molecule has 2 aliphatic rings. The zero-order valence-corrected chi connectivity index (χ0v) is 25.3. The van der Waals surface area contributed by atoms with E-state index in [1.165, 1.54) is 0 Å². The number of thiophene rings is 1. The molecule has 0 amide bonds. The average molecular weight is 567 g/mol. The maximum Gasteiger partial charge on any atom is 0.237 e. The van der Waals surface area contributed by atoms with Crippen molar-refractivity contribution in [3.05, 3.63) is 61.1 Å². The third-order valence-electron chi connectivity index (χ3n) is 7.82. The van der Waals surface area contributed by atoms with Crippen LogP contribution in [0.2, 0.25) is 0 Å². The van der Waals surface area contributed by atoms with Crippen molar-refractivity contribution in [3.8, 4) is 11.8 Å². The van der Waals surface area contributed by atoms with Crippen molar-refractivity contribution in [1.29, 1.82) is 0 Å². The first-order chi connectivity index (χ1) is 18.7. The first-order valence-electron chi connectivity index (χ1n) is 13.7. The van der Waals surface area contributed by atoms with Gasteiger partial charge < -0.3 is 9.64 Å². The minimum atomic E-state index is -0.983. The number of carbonyl (C=O) groups is 1. The van der Waals surface area contributed by atoms with Crippen LogP contribution in [-0.2, 0) is 22.1 Å². The van der Waals surface area contributed by atoms with Crippen LogP contribution in [0, 0.1) is 44.7 Å². The van der Waals surface area contributed by atoms with E-state index in [2.05, 4.69) is 35.8 Å². The standard InChI is InChI=1S/C31H38N2O4S2/c1-6-33(25-14-18-37-19-15-25)31-23(4)29(30(38-31)24-12-16-32(17-13-24)39(5)36)28(35)9-7-8-26-22(3)20-21(2)10-11-27(26)34/h20,24-25H,6,8,12-19H2,1-5H3. The number of nitrogens with zero attached hydrogens (tertiary/aromatic N) is 2. The molecule has 0 radical (unpaired) electrons. The smallest absolute Gasteiger partial charge is 0.237 e. The summed E-state index contributed by atoms with van der Waals surface area (Å²) < 4.78 is 19.6. The lowest BCUT2D eigenvalue weighted by Crippen LogP contribution is -2.39. The van der Waals surface area contributed by atoms with Crippen molar-refractivity contribution >= 4 is 33.1 Å². The molecule has 2 aliphatic heterocycles. The lowest BCUT2D eigenvalue weighted by atomic mass is 9.91. The molecule has 0 bridgehead atoms. The quantitative estimate of drug-likeness (QED) is 0.280. The second-order valence-corrected chi connectivity index (χ2v) is 12.8. The molecule has 1 unspecified atom stereocenters. The van der Waals surface area contributed by atoms with Crippen LogP contribution in [0.4, 0.5) is 5.00 Å². The number of aryl methyl sites for hydroxylation is 2. The number of carbonyl (C=O) groups excluding carboxylic acids is 1. The first kappa shape index (κ1) is 29.5. The molecule has 3 heterocycles. The van der Waals surface area contributed by atoms with Gasteiger partial charge in [0.2, 0.25) is 11.2 Å². The third kappa shape index (κ3) is 6.81. The van der Waals surface area contributed by atoms with Crippen molar-refractivity contribution in [2.75, 3.05) is 44.0 Å². The van der Waals surface area contributed by atoms with E-state index in [-0.39, 0.29) is 23.6 Å². The van der Waals surface area contributed by atoms with Gasteiger partial charge in [0, 0.05) is 62.0 Å². The van der Waals surface area contributed by atoms with Crippen LogP contribution in [0.5, 0.6) is 0 Å². The van der Waals surface area contributed by atoms with Crippen LogP contribution in [0.15, 0.2) is 10.9 Å². The Kier molecular flexibility index (Phi) is 10.0. The molecule has 2 fully saturated rings. The van der Waals surface area contributed by atoms with E-state index in [4.69, 9.17) is 4.74 Å². The normalized spacial score (nSPS) is 17.7. The monoisotopic (exact) mass is 566 g/mol. The van der Waals surface area contributed by atoms with Gasteiger partial charge in [0.15, 0.2) is 0 Å². The molecule has 0 spiro atoms. The Labute approximate surface area is 239 Å². The summed E-state index contributed by atoms with van der Waals surface area (Å²) >= 11 is 1.73. The van der Waals surface area contributed by atoms with E-state index in [1.54, 1.807) is 17.6 Å². The molecular formula is C31H38N2O4S2. The SMILES string of the molecule is CCN(c1sc(C2CCN(S(C)=O)CC2)c(C(=O)C#CCc2c(C)cc(C)c#cc2=O)c1C)C1CCOCC1. The number of ketones is 1. The predicted molar refractivity (Wildman–Crippen MR) is 159 cm³/mol. The topological polar surface area (TPSA) is 66.9 Å². The number of rotatable bonds is 7. The van der Waals surface area contributed by atoms with Crippen LogP contribution < -0.4 is 10.3 Å². The minimum Gasteiger partial charge on any atom is -0.381 e. The molecule has 1 aromatic carbocycles. The fourth-order valence-corrected chi connectivity index (χ4v) is 7.99. The Morgan fingerprint density at radius 1 is 1.18 bits per heavy atom. The lowest BCUT2D eigenvalue weighted by Gasteiger charge is -2.35. The highest BCUT2D eigenvalue weighted by Crippen LogP contribution is 2.44. The van der Waals surface area contributed by atoms with Gasteiger partial charge in [-0.1, -0.05) is 12.0 Å². The second kappa shape index (κ2) is 13.2. The zero-order chi connectivity index (χ0) is 28.1. The highest BCUT2D eigenvalue weighted by molar-refractivity contribution is 7.81. The Morgan fingerprint density at radius 2 is 1.87 bits per heavy atom. The molecule has 1 aromatic heterocycles. The molecule has 39 heavy (non-hydrogen) atoms. The second-order valence-electron chi connectivity index (χ2n) is 10.4. The maximum atomic E-state index is 13.7. The third-order valence-corrected chi connectivity index (χ3v) is 10.4. The molecule has 2 aromatic rings. The molecule has 208 valence electrons. The summed E-state index contributed by atoms with van der Waals surface area (Å²) in [6, 6.07) is 7.81. The van der Waals surface area contributed by atoms with E-state index in [1.807, 2.05) is 31.1 Å². The van der Waals surface area contributed by atoms with Crippen LogP contribution >= 0.6 is 11.3 Å². The Morgan fingerprint density at radius 3 is 2.51 bits per heavy atom. The fraction of sp³-hybridized carbons (Fsp3) is 0.548. The van der Waals surface area contributed by atoms with Crippen LogP contribution in [0.3, 0.4) is 0 Å². The summed E-state index contributed by atoms with van der Waals surface area (Å²) in [5.74, 6) is 5.93.